The number of anilines is 1. The van der Waals surface area contributed by atoms with Crippen molar-refractivity contribution in [1.29, 1.82) is 0 Å². The van der Waals surface area contributed by atoms with Crippen LogP contribution in [0.3, 0.4) is 0 Å². The van der Waals surface area contributed by atoms with Crippen LogP contribution in [-0.4, -0.2) is 34.1 Å². The van der Waals surface area contributed by atoms with Crippen molar-refractivity contribution < 1.29 is 19.4 Å². The van der Waals surface area contributed by atoms with Crippen LogP contribution in [0, 0.1) is 0 Å². The van der Waals surface area contributed by atoms with Gasteiger partial charge in [0.1, 0.15) is 5.75 Å². The van der Waals surface area contributed by atoms with Gasteiger partial charge in [0, 0.05) is 17.6 Å². The van der Waals surface area contributed by atoms with Crippen LogP contribution in [0.4, 0.5) is 5.69 Å². The topological polar surface area (TPSA) is 75.6 Å². The van der Waals surface area contributed by atoms with Crippen molar-refractivity contribution in [3.05, 3.63) is 24.3 Å². The van der Waals surface area contributed by atoms with Crippen molar-refractivity contribution in [2.75, 3.05) is 17.7 Å². The Kier molecular flexibility index (Phi) is 12.5. The first-order valence-electron chi connectivity index (χ1n) is 10.7. The molecule has 6 heteroatoms. The number of rotatable bonds is 15. The lowest BCUT2D eigenvalue weighted by Gasteiger charge is -2.17. The third-order valence-electron chi connectivity index (χ3n) is 4.29. The standard InChI is InChI=1S/C23H37NO4S/c1-23(2,3)29-18-11-7-5-4-6-8-15-21(25)24-19-13-9-10-14-20(19)28-17-12-16-22(26)27/h9-10,13-14H,4-8,11-12,15-18H2,1-3H3,(H,24,25)(H,26,27). The maximum Gasteiger partial charge on any atom is 0.303 e. The number of amides is 1. The zero-order chi connectivity index (χ0) is 21.5. The fourth-order valence-corrected chi connectivity index (χ4v) is 3.75. The summed E-state index contributed by atoms with van der Waals surface area (Å²) in [7, 11) is 0. The van der Waals surface area contributed by atoms with E-state index in [0.29, 0.717) is 35.6 Å². The summed E-state index contributed by atoms with van der Waals surface area (Å²) in [6.45, 7) is 7.08. The fraction of sp³-hybridized carbons (Fsp3) is 0.652. The molecule has 0 bridgehead atoms. The molecule has 0 fully saturated rings. The minimum Gasteiger partial charge on any atom is -0.491 e. The van der Waals surface area contributed by atoms with E-state index in [1.54, 1.807) is 12.1 Å². The van der Waals surface area contributed by atoms with Gasteiger partial charge in [-0.1, -0.05) is 58.6 Å². The monoisotopic (exact) mass is 423 g/mol. The summed E-state index contributed by atoms with van der Waals surface area (Å²) in [5, 5.41) is 11.6. The van der Waals surface area contributed by atoms with Crippen LogP contribution in [0.15, 0.2) is 24.3 Å². The van der Waals surface area contributed by atoms with Crippen LogP contribution >= 0.6 is 11.8 Å². The number of para-hydroxylation sites is 2. The number of unbranched alkanes of at least 4 members (excludes halogenated alkanes) is 5. The lowest BCUT2D eigenvalue weighted by atomic mass is 10.1. The van der Waals surface area contributed by atoms with Gasteiger partial charge in [-0.25, -0.2) is 0 Å². The summed E-state index contributed by atoms with van der Waals surface area (Å²) < 4.78 is 5.98. The smallest absolute Gasteiger partial charge is 0.303 e. The number of hydrogen-bond acceptors (Lipinski definition) is 4. The maximum atomic E-state index is 12.2. The second kappa shape index (κ2) is 14.3. The summed E-state index contributed by atoms with van der Waals surface area (Å²) in [5.41, 5.74) is 0.643. The molecule has 1 aromatic carbocycles. The van der Waals surface area contributed by atoms with Crippen LogP contribution in [-0.2, 0) is 9.59 Å². The number of carboxylic acids is 1. The van der Waals surface area contributed by atoms with Gasteiger partial charge in [-0.3, -0.25) is 9.59 Å². The van der Waals surface area contributed by atoms with Crippen LogP contribution in [0.2, 0.25) is 0 Å². The molecule has 0 atom stereocenters. The Bertz CT molecular complexity index is 613. The van der Waals surface area contributed by atoms with E-state index in [2.05, 4.69) is 26.1 Å². The van der Waals surface area contributed by atoms with E-state index in [1.807, 2.05) is 23.9 Å². The number of aliphatic carboxylic acids is 1. The predicted octanol–water partition coefficient (Wildman–Crippen LogP) is 6.13. The highest BCUT2D eigenvalue weighted by Gasteiger charge is 2.10. The molecule has 1 rings (SSSR count). The average molecular weight is 424 g/mol. The Morgan fingerprint density at radius 3 is 2.31 bits per heavy atom. The van der Waals surface area contributed by atoms with E-state index in [4.69, 9.17) is 9.84 Å². The quantitative estimate of drug-likeness (QED) is 0.332. The molecular weight excluding hydrogens is 386 g/mol. The Morgan fingerprint density at radius 2 is 1.62 bits per heavy atom. The largest absolute Gasteiger partial charge is 0.491 e. The zero-order valence-corrected chi connectivity index (χ0v) is 19.0. The van der Waals surface area contributed by atoms with Crippen molar-refractivity contribution in [3.63, 3.8) is 0 Å². The van der Waals surface area contributed by atoms with E-state index in [0.717, 1.165) is 12.8 Å². The molecule has 0 aliphatic rings. The van der Waals surface area contributed by atoms with Crippen LogP contribution in [0.1, 0.15) is 78.6 Å². The summed E-state index contributed by atoms with van der Waals surface area (Å²) in [6, 6.07) is 7.27. The van der Waals surface area contributed by atoms with Gasteiger partial charge in [-0.15, -0.1) is 0 Å². The molecule has 0 radical (unpaired) electrons. The van der Waals surface area contributed by atoms with Crippen LogP contribution < -0.4 is 10.1 Å². The molecule has 5 nitrogen and oxygen atoms in total. The molecule has 0 aliphatic heterocycles. The maximum absolute atomic E-state index is 12.2. The Balaban J connectivity index is 2.16. The third-order valence-corrected chi connectivity index (χ3v) is 5.65. The highest BCUT2D eigenvalue weighted by Crippen LogP contribution is 2.25. The van der Waals surface area contributed by atoms with Crippen LogP contribution in [0.5, 0.6) is 5.75 Å². The number of benzene rings is 1. The first kappa shape index (κ1) is 25.3. The molecule has 0 heterocycles. The Hall–Kier alpha value is -1.69. The predicted molar refractivity (Wildman–Crippen MR) is 122 cm³/mol. The SMILES string of the molecule is CC(C)(C)SCCCCCCCCC(=O)Nc1ccccc1OCCCC(=O)O. The number of carbonyl (C=O) groups is 2. The number of carboxylic acid groups (broad SMARTS) is 1. The van der Waals surface area contributed by atoms with E-state index in [-0.39, 0.29) is 12.3 Å². The average Bonchev–Trinajstić information content (AvgIpc) is 2.64. The van der Waals surface area contributed by atoms with E-state index in [9.17, 15) is 9.59 Å². The summed E-state index contributed by atoms with van der Waals surface area (Å²) in [4.78, 5) is 22.8. The van der Waals surface area contributed by atoms with Gasteiger partial charge in [0.15, 0.2) is 0 Å². The minimum absolute atomic E-state index is 0.00633. The van der Waals surface area contributed by atoms with Crippen molar-refractivity contribution in [1.82, 2.24) is 0 Å². The second-order valence-corrected chi connectivity index (χ2v) is 10.1. The molecule has 2 N–H and O–H groups in total. The molecule has 0 saturated carbocycles. The minimum atomic E-state index is -0.834. The van der Waals surface area contributed by atoms with Crippen molar-refractivity contribution in [2.45, 2.75) is 83.3 Å². The lowest BCUT2D eigenvalue weighted by Crippen LogP contribution is -2.12. The van der Waals surface area contributed by atoms with Crippen molar-refractivity contribution in [3.8, 4) is 5.75 Å². The van der Waals surface area contributed by atoms with E-state index in [1.165, 1.54) is 31.4 Å². The number of ether oxygens (including phenoxy) is 1. The van der Waals surface area contributed by atoms with Gasteiger partial charge in [-0.2, -0.15) is 11.8 Å². The van der Waals surface area contributed by atoms with Gasteiger partial charge in [-0.05, 0) is 37.1 Å². The third kappa shape index (κ3) is 14.0. The number of hydrogen-bond donors (Lipinski definition) is 2. The molecule has 0 aliphatic carbocycles. The lowest BCUT2D eigenvalue weighted by molar-refractivity contribution is -0.137. The van der Waals surface area contributed by atoms with Gasteiger partial charge in [0.05, 0.1) is 12.3 Å². The number of thioether (sulfide) groups is 1. The van der Waals surface area contributed by atoms with Gasteiger partial charge < -0.3 is 15.2 Å². The first-order chi connectivity index (χ1) is 13.8. The molecule has 1 aromatic rings. The molecule has 1 amide bonds. The Labute approximate surface area is 180 Å². The molecule has 0 saturated heterocycles. The Morgan fingerprint density at radius 1 is 0.966 bits per heavy atom. The highest BCUT2D eigenvalue weighted by molar-refractivity contribution is 8.00. The van der Waals surface area contributed by atoms with E-state index < -0.39 is 5.97 Å². The van der Waals surface area contributed by atoms with Gasteiger partial charge in [0.2, 0.25) is 5.91 Å². The zero-order valence-electron chi connectivity index (χ0n) is 18.2. The summed E-state index contributed by atoms with van der Waals surface area (Å²) in [6.07, 6.45) is 7.94. The molecule has 29 heavy (non-hydrogen) atoms. The van der Waals surface area contributed by atoms with Gasteiger partial charge >= 0.3 is 5.97 Å². The molecule has 0 unspecified atom stereocenters. The summed E-state index contributed by atoms with van der Waals surface area (Å²) in [5.74, 6) is 0.968. The molecule has 0 aromatic heterocycles. The summed E-state index contributed by atoms with van der Waals surface area (Å²) >= 11 is 2.03. The molecular formula is C23H37NO4S. The normalized spacial score (nSPS) is 11.3. The highest BCUT2D eigenvalue weighted by atomic mass is 32.2. The van der Waals surface area contributed by atoms with Gasteiger partial charge in [0.25, 0.3) is 0 Å². The first-order valence-corrected chi connectivity index (χ1v) is 11.6. The van der Waals surface area contributed by atoms with E-state index >= 15 is 0 Å². The number of carbonyl (C=O) groups excluding carboxylic acids is 1. The van der Waals surface area contributed by atoms with Crippen molar-refractivity contribution >= 4 is 29.3 Å². The fourth-order valence-electron chi connectivity index (χ4n) is 2.79. The second-order valence-electron chi connectivity index (χ2n) is 8.22. The molecule has 164 valence electrons. The van der Waals surface area contributed by atoms with Crippen LogP contribution in [0.25, 0.3) is 0 Å². The number of nitrogens with one attached hydrogen (secondary N) is 1. The molecule has 0 spiro atoms. The van der Waals surface area contributed by atoms with Crippen molar-refractivity contribution in [2.24, 2.45) is 0 Å².